The number of methoxy groups -OCH3 is 1. The van der Waals surface area contributed by atoms with E-state index < -0.39 is 24.0 Å². The minimum absolute atomic E-state index is 0.0784. The number of hydrogen-bond donors (Lipinski definition) is 3. The number of carboxylic acid groups (broad SMARTS) is 1. The van der Waals surface area contributed by atoms with Gasteiger partial charge in [0.1, 0.15) is 5.75 Å². The predicted molar refractivity (Wildman–Crippen MR) is 110 cm³/mol. The summed E-state index contributed by atoms with van der Waals surface area (Å²) in [6.07, 6.45) is -0.0348. The van der Waals surface area contributed by atoms with Crippen LogP contribution in [0, 0.1) is 11.8 Å². The highest BCUT2D eigenvalue weighted by molar-refractivity contribution is 9.10. The molecule has 0 aliphatic carbocycles. The number of nitrogens with two attached hydrogens (primary N) is 1. The van der Waals surface area contributed by atoms with Crippen LogP contribution in [0.2, 0.25) is 0 Å². The monoisotopic (exact) mass is 461 g/mol. The molecule has 28 heavy (non-hydrogen) atoms. The smallest absolute Gasteiger partial charge is 0.306 e. The van der Waals surface area contributed by atoms with Crippen LogP contribution >= 0.6 is 15.9 Å². The molecule has 0 spiro atoms. The summed E-state index contributed by atoms with van der Waals surface area (Å²) < 4.78 is 17.2. The first-order valence-corrected chi connectivity index (χ1v) is 10.2. The largest absolute Gasteiger partial charge is 0.492 e. The quantitative estimate of drug-likeness (QED) is 0.365. The van der Waals surface area contributed by atoms with E-state index in [0.29, 0.717) is 19.8 Å². The van der Waals surface area contributed by atoms with Crippen molar-refractivity contribution >= 4 is 21.9 Å². The maximum atomic E-state index is 11.3. The number of hydrogen-bond acceptors (Lipinski definition) is 6. The number of aliphatic carboxylic acids is 1. The first kappa shape index (κ1) is 24.8. The number of carbonyl (C=O) groups is 1. The zero-order valence-electron chi connectivity index (χ0n) is 16.8. The van der Waals surface area contributed by atoms with E-state index in [9.17, 15) is 15.0 Å². The maximum absolute atomic E-state index is 11.3. The highest BCUT2D eigenvalue weighted by Crippen LogP contribution is 2.26. The van der Waals surface area contributed by atoms with Gasteiger partial charge in [0.25, 0.3) is 0 Å². The standard InChI is InChI=1S/C20H32BrNO6/c1-13(2)15(20(24)25)10-18(23)17(22)12-27-11-14-5-6-16(21)19(9-14)28-8-4-7-26-3/h5-6,9,13,15,17-18,23H,4,7-8,10-12,22H2,1-3H3,(H,24,25). The molecule has 1 rings (SSSR count). The van der Waals surface area contributed by atoms with Gasteiger partial charge in [-0.1, -0.05) is 19.9 Å². The van der Waals surface area contributed by atoms with Gasteiger partial charge in [0.05, 0.1) is 42.4 Å². The molecule has 0 aromatic heterocycles. The van der Waals surface area contributed by atoms with Crippen molar-refractivity contribution in [2.75, 3.05) is 26.9 Å². The molecule has 0 saturated heterocycles. The molecule has 0 aliphatic rings. The van der Waals surface area contributed by atoms with Crippen LogP contribution < -0.4 is 10.5 Å². The Morgan fingerprint density at radius 1 is 1.29 bits per heavy atom. The lowest BCUT2D eigenvalue weighted by molar-refractivity contribution is -0.144. The number of aliphatic hydroxyl groups excluding tert-OH is 1. The molecular formula is C20H32BrNO6. The van der Waals surface area contributed by atoms with Gasteiger partial charge in [-0.3, -0.25) is 4.79 Å². The zero-order chi connectivity index (χ0) is 21.1. The number of benzene rings is 1. The summed E-state index contributed by atoms with van der Waals surface area (Å²) in [6, 6.07) is 5.03. The minimum Gasteiger partial charge on any atom is -0.492 e. The maximum Gasteiger partial charge on any atom is 0.306 e. The fourth-order valence-corrected chi connectivity index (χ4v) is 3.01. The van der Waals surface area contributed by atoms with Crippen LogP contribution in [0.1, 0.15) is 32.3 Å². The number of aliphatic hydroxyl groups is 1. The van der Waals surface area contributed by atoms with Crippen molar-refractivity contribution in [1.29, 1.82) is 0 Å². The molecule has 0 bridgehead atoms. The first-order valence-electron chi connectivity index (χ1n) is 9.40. The fourth-order valence-electron chi connectivity index (χ4n) is 2.65. The van der Waals surface area contributed by atoms with Crippen molar-refractivity contribution in [3.63, 3.8) is 0 Å². The topological polar surface area (TPSA) is 111 Å². The summed E-state index contributed by atoms with van der Waals surface area (Å²) in [4.78, 5) is 11.3. The van der Waals surface area contributed by atoms with Gasteiger partial charge >= 0.3 is 5.97 Å². The van der Waals surface area contributed by atoms with Crippen molar-refractivity contribution < 1.29 is 29.2 Å². The van der Waals surface area contributed by atoms with Gasteiger partial charge in [0.2, 0.25) is 0 Å². The Balaban J connectivity index is 2.48. The molecule has 4 N–H and O–H groups in total. The number of halogens is 1. The molecule has 3 atom stereocenters. The van der Waals surface area contributed by atoms with Gasteiger partial charge in [-0.05, 0) is 46.0 Å². The van der Waals surface area contributed by atoms with E-state index >= 15 is 0 Å². The lowest BCUT2D eigenvalue weighted by Crippen LogP contribution is -2.41. The van der Waals surface area contributed by atoms with E-state index in [2.05, 4.69) is 15.9 Å². The van der Waals surface area contributed by atoms with Crippen molar-refractivity contribution in [1.82, 2.24) is 0 Å². The number of rotatable bonds is 14. The average molecular weight is 462 g/mol. The summed E-state index contributed by atoms with van der Waals surface area (Å²) in [7, 11) is 1.65. The third kappa shape index (κ3) is 8.87. The van der Waals surface area contributed by atoms with E-state index in [-0.39, 0.29) is 18.9 Å². The number of carboxylic acids is 1. The molecule has 0 amide bonds. The lowest BCUT2D eigenvalue weighted by atomic mass is 9.88. The highest BCUT2D eigenvalue weighted by atomic mass is 79.9. The van der Waals surface area contributed by atoms with E-state index in [0.717, 1.165) is 22.2 Å². The molecule has 0 radical (unpaired) electrons. The van der Waals surface area contributed by atoms with E-state index in [4.69, 9.17) is 19.9 Å². The molecule has 7 nitrogen and oxygen atoms in total. The second-order valence-corrected chi connectivity index (χ2v) is 7.98. The Morgan fingerprint density at radius 2 is 2.00 bits per heavy atom. The van der Waals surface area contributed by atoms with Crippen molar-refractivity contribution in [3.05, 3.63) is 28.2 Å². The normalized spacial score (nSPS) is 14.7. The Hall–Kier alpha value is -1.19. The second-order valence-electron chi connectivity index (χ2n) is 7.13. The van der Waals surface area contributed by atoms with Crippen LogP contribution in [-0.2, 0) is 20.9 Å². The van der Waals surface area contributed by atoms with Crippen LogP contribution in [0.5, 0.6) is 5.75 Å². The molecule has 3 unspecified atom stereocenters. The molecule has 0 fully saturated rings. The summed E-state index contributed by atoms with van der Waals surface area (Å²) in [5.41, 5.74) is 6.88. The second kappa shape index (κ2) is 13.1. The predicted octanol–water partition coefficient (Wildman–Crippen LogP) is 2.82. The van der Waals surface area contributed by atoms with Crippen LogP contribution in [0.15, 0.2) is 22.7 Å². The Kier molecular flexibility index (Phi) is 11.6. The molecular weight excluding hydrogens is 430 g/mol. The van der Waals surface area contributed by atoms with Crippen LogP contribution in [0.3, 0.4) is 0 Å². The first-order chi connectivity index (χ1) is 13.3. The lowest BCUT2D eigenvalue weighted by Gasteiger charge is -2.24. The molecule has 0 heterocycles. The van der Waals surface area contributed by atoms with E-state index in [1.807, 2.05) is 32.0 Å². The van der Waals surface area contributed by atoms with Crippen molar-refractivity contribution in [2.24, 2.45) is 17.6 Å². The highest BCUT2D eigenvalue weighted by Gasteiger charge is 2.27. The van der Waals surface area contributed by atoms with Gasteiger partial charge < -0.3 is 30.2 Å². The molecule has 8 heteroatoms. The fraction of sp³-hybridized carbons (Fsp3) is 0.650. The summed E-state index contributed by atoms with van der Waals surface area (Å²) in [5, 5.41) is 19.4. The SMILES string of the molecule is COCCCOc1cc(COCC(N)C(O)CC(C(=O)O)C(C)C)ccc1Br. The molecule has 1 aromatic carbocycles. The third-order valence-electron chi connectivity index (χ3n) is 4.44. The summed E-state index contributed by atoms with van der Waals surface area (Å²) >= 11 is 3.46. The Labute approximate surface area is 175 Å². The summed E-state index contributed by atoms with van der Waals surface area (Å²) in [6.45, 7) is 5.26. The van der Waals surface area contributed by atoms with Crippen LogP contribution in [-0.4, -0.2) is 55.3 Å². The zero-order valence-corrected chi connectivity index (χ0v) is 18.4. The molecule has 160 valence electrons. The number of ether oxygens (including phenoxy) is 3. The molecule has 0 aliphatic heterocycles. The van der Waals surface area contributed by atoms with E-state index in [1.54, 1.807) is 7.11 Å². The minimum atomic E-state index is -0.937. The third-order valence-corrected chi connectivity index (χ3v) is 5.09. The molecule has 0 saturated carbocycles. The van der Waals surface area contributed by atoms with Gasteiger partial charge in [0.15, 0.2) is 0 Å². The Morgan fingerprint density at radius 3 is 2.61 bits per heavy atom. The van der Waals surface area contributed by atoms with Gasteiger partial charge in [-0.2, -0.15) is 0 Å². The molecule has 1 aromatic rings. The van der Waals surface area contributed by atoms with Gasteiger partial charge in [0, 0.05) is 20.1 Å². The van der Waals surface area contributed by atoms with E-state index in [1.165, 1.54) is 0 Å². The van der Waals surface area contributed by atoms with Gasteiger partial charge in [-0.15, -0.1) is 0 Å². The van der Waals surface area contributed by atoms with Crippen LogP contribution in [0.4, 0.5) is 0 Å². The van der Waals surface area contributed by atoms with Crippen molar-refractivity contribution in [3.8, 4) is 5.75 Å². The summed E-state index contributed by atoms with van der Waals surface area (Å²) in [5.74, 6) is -0.909. The average Bonchev–Trinajstić information content (AvgIpc) is 2.64. The Bertz CT molecular complexity index is 598. The van der Waals surface area contributed by atoms with Crippen LogP contribution in [0.25, 0.3) is 0 Å². The van der Waals surface area contributed by atoms with Gasteiger partial charge in [-0.25, -0.2) is 0 Å². The van der Waals surface area contributed by atoms with Crippen molar-refractivity contribution in [2.45, 2.75) is 45.4 Å².